The molecule has 1 saturated carbocycles. The van der Waals surface area contributed by atoms with Gasteiger partial charge in [-0.15, -0.1) is 0 Å². The summed E-state index contributed by atoms with van der Waals surface area (Å²) in [5.41, 5.74) is 0. The molecule has 0 amide bonds. The topological polar surface area (TPSA) is 21.3 Å². The van der Waals surface area contributed by atoms with Crippen LogP contribution < -0.4 is 5.32 Å². The Morgan fingerprint density at radius 1 is 1.29 bits per heavy atom. The van der Waals surface area contributed by atoms with E-state index in [1.165, 1.54) is 32.2 Å². The minimum absolute atomic E-state index is 0.528. The van der Waals surface area contributed by atoms with Crippen molar-refractivity contribution in [2.24, 2.45) is 11.8 Å². The van der Waals surface area contributed by atoms with Gasteiger partial charge in [0, 0.05) is 13.2 Å². The molecule has 1 N–H and O–H groups in total. The van der Waals surface area contributed by atoms with Crippen molar-refractivity contribution in [3.63, 3.8) is 0 Å². The molecule has 84 valence electrons. The van der Waals surface area contributed by atoms with E-state index in [2.05, 4.69) is 19.2 Å². The number of rotatable bonds is 6. The van der Waals surface area contributed by atoms with Gasteiger partial charge in [0.15, 0.2) is 0 Å². The van der Waals surface area contributed by atoms with Gasteiger partial charge in [0.25, 0.3) is 0 Å². The minimum Gasteiger partial charge on any atom is -0.383 e. The number of methoxy groups -OCH3 is 1. The summed E-state index contributed by atoms with van der Waals surface area (Å²) in [5, 5.41) is 3.64. The SMILES string of the molecule is COCC(NCC1CCCC1)C(C)C. The molecule has 0 bridgehead atoms. The van der Waals surface area contributed by atoms with E-state index in [1.54, 1.807) is 7.11 Å². The maximum atomic E-state index is 5.22. The van der Waals surface area contributed by atoms with Gasteiger partial charge in [0.05, 0.1) is 6.61 Å². The monoisotopic (exact) mass is 199 g/mol. The highest BCUT2D eigenvalue weighted by Gasteiger charge is 2.18. The molecule has 0 radical (unpaired) electrons. The zero-order valence-corrected chi connectivity index (χ0v) is 9.88. The number of hydrogen-bond donors (Lipinski definition) is 1. The van der Waals surface area contributed by atoms with E-state index < -0.39 is 0 Å². The lowest BCUT2D eigenvalue weighted by Gasteiger charge is -2.23. The van der Waals surface area contributed by atoms with Crippen LogP contribution in [0.3, 0.4) is 0 Å². The average Bonchev–Trinajstić information content (AvgIpc) is 2.64. The molecule has 14 heavy (non-hydrogen) atoms. The Morgan fingerprint density at radius 2 is 1.93 bits per heavy atom. The van der Waals surface area contributed by atoms with Gasteiger partial charge in [-0.3, -0.25) is 0 Å². The maximum Gasteiger partial charge on any atom is 0.0618 e. The number of nitrogens with one attached hydrogen (secondary N) is 1. The van der Waals surface area contributed by atoms with Gasteiger partial charge < -0.3 is 10.1 Å². The lowest BCUT2D eigenvalue weighted by atomic mass is 10.0. The number of ether oxygens (including phenoxy) is 1. The molecule has 1 rings (SSSR count). The lowest BCUT2D eigenvalue weighted by molar-refractivity contribution is 0.144. The second-order valence-corrected chi connectivity index (χ2v) is 4.86. The van der Waals surface area contributed by atoms with Crippen LogP contribution in [0.4, 0.5) is 0 Å². The van der Waals surface area contributed by atoms with Crippen LogP contribution in [0.25, 0.3) is 0 Å². The van der Waals surface area contributed by atoms with Gasteiger partial charge in [0.1, 0.15) is 0 Å². The molecule has 2 heteroatoms. The molecule has 0 aromatic rings. The van der Waals surface area contributed by atoms with Gasteiger partial charge in [-0.2, -0.15) is 0 Å². The molecule has 1 unspecified atom stereocenters. The Hall–Kier alpha value is -0.0800. The van der Waals surface area contributed by atoms with Crippen LogP contribution in [0.2, 0.25) is 0 Å². The average molecular weight is 199 g/mol. The maximum absolute atomic E-state index is 5.22. The normalized spacial score (nSPS) is 20.6. The standard InChI is InChI=1S/C12H25NO/c1-10(2)12(9-14-3)13-8-11-6-4-5-7-11/h10-13H,4-9H2,1-3H3. The summed E-state index contributed by atoms with van der Waals surface area (Å²) in [6.07, 6.45) is 5.71. The van der Waals surface area contributed by atoms with Crippen molar-refractivity contribution in [3.8, 4) is 0 Å². The molecule has 1 fully saturated rings. The Kier molecular flexibility index (Phi) is 5.49. The first-order chi connectivity index (χ1) is 6.74. The molecular weight excluding hydrogens is 174 g/mol. The zero-order valence-electron chi connectivity index (χ0n) is 9.88. The van der Waals surface area contributed by atoms with Crippen LogP contribution in [0.5, 0.6) is 0 Å². The molecule has 0 heterocycles. The summed E-state index contributed by atoms with van der Waals surface area (Å²) in [6, 6.07) is 0.528. The first-order valence-corrected chi connectivity index (χ1v) is 5.96. The van der Waals surface area contributed by atoms with E-state index in [0.717, 1.165) is 12.5 Å². The molecule has 0 aromatic carbocycles. The van der Waals surface area contributed by atoms with Crippen molar-refractivity contribution < 1.29 is 4.74 Å². The van der Waals surface area contributed by atoms with Gasteiger partial charge in [-0.05, 0) is 31.2 Å². The van der Waals surface area contributed by atoms with Crippen LogP contribution in [0.15, 0.2) is 0 Å². The Bertz CT molecular complexity index is 141. The van der Waals surface area contributed by atoms with Crippen LogP contribution in [-0.4, -0.2) is 26.3 Å². The van der Waals surface area contributed by atoms with E-state index in [1.807, 2.05) is 0 Å². The zero-order chi connectivity index (χ0) is 10.4. The second kappa shape index (κ2) is 6.41. The fourth-order valence-electron chi connectivity index (χ4n) is 2.20. The molecule has 1 aliphatic rings. The van der Waals surface area contributed by atoms with Gasteiger partial charge in [-0.1, -0.05) is 26.7 Å². The molecule has 0 aromatic heterocycles. The number of hydrogen-bond acceptors (Lipinski definition) is 2. The van der Waals surface area contributed by atoms with Crippen molar-refractivity contribution in [1.82, 2.24) is 5.32 Å². The second-order valence-electron chi connectivity index (χ2n) is 4.86. The fraction of sp³-hybridized carbons (Fsp3) is 1.00. The predicted octanol–water partition coefficient (Wildman–Crippen LogP) is 2.44. The third-order valence-electron chi connectivity index (χ3n) is 3.29. The molecule has 0 saturated heterocycles. The van der Waals surface area contributed by atoms with Crippen molar-refractivity contribution in [2.45, 2.75) is 45.6 Å². The van der Waals surface area contributed by atoms with Gasteiger partial charge in [0.2, 0.25) is 0 Å². The van der Waals surface area contributed by atoms with Crippen molar-refractivity contribution in [2.75, 3.05) is 20.3 Å². The molecule has 0 spiro atoms. The van der Waals surface area contributed by atoms with Crippen LogP contribution >= 0.6 is 0 Å². The summed E-state index contributed by atoms with van der Waals surface area (Å²) in [7, 11) is 1.78. The summed E-state index contributed by atoms with van der Waals surface area (Å²) < 4.78 is 5.22. The summed E-state index contributed by atoms with van der Waals surface area (Å²) in [6.45, 7) is 6.53. The van der Waals surface area contributed by atoms with E-state index in [-0.39, 0.29) is 0 Å². The van der Waals surface area contributed by atoms with Crippen LogP contribution in [-0.2, 0) is 4.74 Å². The summed E-state index contributed by atoms with van der Waals surface area (Å²) in [4.78, 5) is 0. The first-order valence-electron chi connectivity index (χ1n) is 5.96. The minimum atomic E-state index is 0.528. The Morgan fingerprint density at radius 3 is 2.43 bits per heavy atom. The third-order valence-corrected chi connectivity index (χ3v) is 3.29. The van der Waals surface area contributed by atoms with Crippen LogP contribution in [0, 0.1) is 11.8 Å². The fourth-order valence-corrected chi connectivity index (χ4v) is 2.20. The van der Waals surface area contributed by atoms with E-state index in [0.29, 0.717) is 12.0 Å². The molecule has 2 nitrogen and oxygen atoms in total. The Labute approximate surface area is 88.4 Å². The van der Waals surface area contributed by atoms with Crippen molar-refractivity contribution >= 4 is 0 Å². The van der Waals surface area contributed by atoms with Crippen LogP contribution in [0.1, 0.15) is 39.5 Å². The first kappa shape index (κ1) is 12.0. The van der Waals surface area contributed by atoms with E-state index >= 15 is 0 Å². The predicted molar refractivity (Wildman–Crippen MR) is 60.5 cm³/mol. The van der Waals surface area contributed by atoms with Crippen molar-refractivity contribution in [1.29, 1.82) is 0 Å². The molecular formula is C12H25NO. The lowest BCUT2D eigenvalue weighted by Crippen LogP contribution is -2.40. The molecule has 1 atom stereocenters. The highest BCUT2D eigenvalue weighted by Crippen LogP contribution is 2.24. The van der Waals surface area contributed by atoms with Crippen molar-refractivity contribution in [3.05, 3.63) is 0 Å². The van der Waals surface area contributed by atoms with Gasteiger partial charge >= 0.3 is 0 Å². The Balaban J connectivity index is 2.17. The third kappa shape index (κ3) is 3.97. The quantitative estimate of drug-likeness (QED) is 0.709. The molecule has 1 aliphatic carbocycles. The molecule has 0 aliphatic heterocycles. The highest BCUT2D eigenvalue weighted by atomic mass is 16.5. The largest absolute Gasteiger partial charge is 0.383 e. The summed E-state index contributed by atoms with van der Waals surface area (Å²) in [5.74, 6) is 1.59. The van der Waals surface area contributed by atoms with Gasteiger partial charge in [-0.25, -0.2) is 0 Å². The summed E-state index contributed by atoms with van der Waals surface area (Å²) >= 11 is 0. The smallest absolute Gasteiger partial charge is 0.0618 e. The highest BCUT2D eigenvalue weighted by molar-refractivity contribution is 4.75. The van der Waals surface area contributed by atoms with E-state index in [9.17, 15) is 0 Å². The van der Waals surface area contributed by atoms with E-state index in [4.69, 9.17) is 4.74 Å².